The van der Waals surface area contributed by atoms with E-state index in [9.17, 15) is 18.0 Å². The molecule has 7 nitrogen and oxygen atoms in total. The van der Waals surface area contributed by atoms with Crippen molar-refractivity contribution in [2.45, 2.75) is 29.0 Å². The summed E-state index contributed by atoms with van der Waals surface area (Å²) in [5.41, 5.74) is 1.47. The molecule has 0 unspecified atom stereocenters. The van der Waals surface area contributed by atoms with Crippen molar-refractivity contribution in [2.75, 3.05) is 25.5 Å². The Hall–Kier alpha value is -2.87. The number of anilines is 1. The van der Waals surface area contributed by atoms with Gasteiger partial charge in [0.25, 0.3) is 0 Å². The molecule has 8 heteroatoms. The summed E-state index contributed by atoms with van der Waals surface area (Å²) in [7, 11) is 0.0102. The van der Waals surface area contributed by atoms with E-state index < -0.39 is 26.9 Å². The van der Waals surface area contributed by atoms with Crippen LogP contribution in [0.3, 0.4) is 0 Å². The van der Waals surface area contributed by atoms with Crippen molar-refractivity contribution in [1.29, 1.82) is 0 Å². The second kappa shape index (κ2) is 8.65. The smallest absolute Gasteiger partial charge is 0.309 e. The Balaban J connectivity index is 1.84. The molecule has 0 bridgehead atoms. The van der Waals surface area contributed by atoms with Gasteiger partial charge in [-0.2, -0.15) is 0 Å². The fourth-order valence-electron chi connectivity index (χ4n) is 2.91. The monoisotopic (exact) mass is 415 g/mol. The lowest BCUT2D eigenvalue weighted by Gasteiger charge is -2.20. The molecular weight excluding hydrogens is 390 g/mol. The summed E-state index contributed by atoms with van der Waals surface area (Å²) in [6.45, 7) is -0.199. The van der Waals surface area contributed by atoms with E-state index in [1.807, 2.05) is 31.1 Å². The van der Waals surface area contributed by atoms with Crippen molar-refractivity contribution in [3.8, 4) is 0 Å². The van der Waals surface area contributed by atoms with Crippen LogP contribution in [0.2, 0.25) is 0 Å². The number of nitrogens with one attached hydrogen (secondary N) is 2. The predicted octanol–water partition coefficient (Wildman–Crippen LogP) is 1.66. The maximum absolute atomic E-state index is 13.3. The molecule has 0 aromatic heterocycles. The molecule has 2 N–H and O–H groups in total. The normalized spacial score (nSPS) is 14.7. The zero-order valence-corrected chi connectivity index (χ0v) is 17.3. The fourth-order valence-corrected chi connectivity index (χ4v) is 4.60. The number of nitrogens with zero attached hydrogens (tertiary/aromatic N) is 1. The molecule has 154 valence electrons. The molecular formula is C21H25N3O4S. The zero-order valence-electron chi connectivity index (χ0n) is 16.5. The number of hydrogen-bond donors (Lipinski definition) is 2. The van der Waals surface area contributed by atoms with Crippen LogP contribution in [-0.4, -0.2) is 46.9 Å². The van der Waals surface area contributed by atoms with E-state index in [0.717, 1.165) is 18.5 Å². The van der Waals surface area contributed by atoms with Crippen LogP contribution in [0.1, 0.15) is 23.7 Å². The van der Waals surface area contributed by atoms with E-state index in [0.29, 0.717) is 5.56 Å². The van der Waals surface area contributed by atoms with Crippen molar-refractivity contribution in [3.05, 3.63) is 60.2 Å². The summed E-state index contributed by atoms with van der Waals surface area (Å²) in [6, 6.07) is 15.3. The Bertz CT molecular complexity index is 969. The summed E-state index contributed by atoms with van der Waals surface area (Å²) in [5.74, 6) is -1.55. The quantitative estimate of drug-likeness (QED) is 0.671. The lowest BCUT2D eigenvalue weighted by atomic mass is 10.1. The van der Waals surface area contributed by atoms with E-state index in [1.54, 1.807) is 30.3 Å². The average Bonchev–Trinajstić information content (AvgIpc) is 3.52. The topological polar surface area (TPSA) is 95.6 Å². The first-order valence-electron chi connectivity index (χ1n) is 9.44. The largest absolute Gasteiger partial charge is 0.378 e. The molecule has 0 heterocycles. The molecule has 0 spiro atoms. The Kier molecular flexibility index (Phi) is 6.22. The molecule has 1 atom stereocenters. The second-order valence-corrected chi connectivity index (χ2v) is 9.42. The Morgan fingerprint density at radius 2 is 1.62 bits per heavy atom. The van der Waals surface area contributed by atoms with E-state index in [2.05, 4.69) is 10.6 Å². The lowest BCUT2D eigenvalue weighted by molar-refractivity contribution is -0.139. The summed E-state index contributed by atoms with van der Waals surface area (Å²) in [6.07, 6.45) is 1.73. The van der Waals surface area contributed by atoms with Crippen LogP contribution in [0.5, 0.6) is 0 Å². The third kappa shape index (κ3) is 5.14. The third-order valence-electron chi connectivity index (χ3n) is 4.79. The van der Waals surface area contributed by atoms with Gasteiger partial charge in [-0.25, -0.2) is 8.42 Å². The van der Waals surface area contributed by atoms with Crippen molar-refractivity contribution >= 4 is 27.3 Å². The summed E-state index contributed by atoms with van der Waals surface area (Å²) in [4.78, 5) is 26.1. The molecule has 2 amide bonds. The number of carbonyl (C=O) groups is 2. The van der Waals surface area contributed by atoms with Gasteiger partial charge in [0.05, 0.1) is 4.90 Å². The molecule has 1 fully saturated rings. The summed E-state index contributed by atoms with van der Waals surface area (Å²) < 4.78 is 26.5. The first-order chi connectivity index (χ1) is 13.8. The number of amides is 2. The number of rotatable bonds is 7. The highest BCUT2D eigenvalue weighted by atomic mass is 32.2. The van der Waals surface area contributed by atoms with Gasteiger partial charge in [0, 0.05) is 32.4 Å². The molecule has 2 aromatic rings. The Labute approximate surface area is 171 Å². The van der Waals surface area contributed by atoms with Gasteiger partial charge in [0.1, 0.15) is 5.25 Å². The van der Waals surface area contributed by atoms with Gasteiger partial charge in [-0.15, -0.1) is 0 Å². The first kappa shape index (κ1) is 20.9. The van der Waals surface area contributed by atoms with Crippen LogP contribution in [0.4, 0.5) is 5.69 Å². The lowest BCUT2D eigenvalue weighted by Crippen LogP contribution is -2.43. The maximum Gasteiger partial charge on any atom is 0.309 e. The number of hydrogen-bond acceptors (Lipinski definition) is 5. The number of sulfone groups is 1. The van der Waals surface area contributed by atoms with Crippen LogP contribution in [0.25, 0.3) is 0 Å². The van der Waals surface area contributed by atoms with Crippen molar-refractivity contribution < 1.29 is 18.0 Å². The second-order valence-electron chi connectivity index (χ2n) is 7.29. The number of benzene rings is 2. The van der Waals surface area contributed by atoms with Crippen molar-refractivity contribution in [2.24, 2.45) is 0 Å². The van der Waals surface area contributed by atoms with Crippen molar-refractivity contribution in [1.82, 2.24) is 10.6 Å². The van der Waals surface area contributed by atoms with Crippen LogP contribution in [0.15, 0.2) is 59.5 Å². The summed E-state index contributed by atoms with van der Waals surface area (Å²) >= 11 is 0. The van der Waals surface area contributed by atoms with Gasteiger partial charge in [-0.3, -0.25) is 9.59 Å². The van der Waals surface area contributed by atoms with E-state index in [4.69, 9.17) is 0 Å². The minimum atomic E-state index is -3.78. The van der Waals surface area contributed by atoms with E-state index >= 15 is 0 Å². The zero-order chi connectivity index (χ0) is 21.0. The van der Waals surface area contributed by atoms with Gasteiger partial charge in [0.15, 0.2) is 9.84 Å². The summed E-state index contributed by atoms with van der Waals surface area (Å²) in [5, 5.41) is 4.07. The fraction of sp³-hybridized carbons (Fsp3) is 0.333. The molecule has 0 saturated heterocycles. The van der Waals surface area contributed by atoms with E-state index in [-0.39, 0.29) is 17.5 Å². The highest BCUT2D eigenvalue weighted by Crippen LogP contribution is 2.29. The van der Waals surface area contributed by atoms with Crippen LogP contribution < -0.4 is 15.5 Å². The standard InChI is InChI=1S/C21H25N3O4S/c1-24(2)17-12-8-15(9-13-17)19(29(27,28)18-6-4-3-5-7-18)14-22-20(25)21(26)23-16-10-11-16/h3-9,12-13,16,19H,10-11,14H2,1-2H3,(H,22,25)(H,23,26)/t19-/m0/s1. The minimum Gasteiger partial charge on any atom is -0.378 e. The van der Waals surface area contributed by atoms with Crippen LogP contribution in [-0.2, 0) is 19.4 Å². The predicted molar refractivity (Wildman–Crippen MR) is 111 cm³/mol. The minimum absolute atomic E-state index is 0.0516. The molecule has 1 saturated carbocycles. The third-order valence-corrected chi connectivity index (χ3v) is 6.91. The first-order valence-corrected chi connectivity index (χ1v) is 11.0. The van der Waals surface area contributed by atoms with Gasteiger partial charge in [-0.05, 0) is 42.7 Å². The SMILES string of the molecule is CN(C)c1ccc([C@H](CNC(=O)C(=O)NC2CC2)S(=O)(=O)c2ccccc2)cc1. The van der Waals surface area contributed by atoms with E-state index in [1.165, 1.54) is 12.1 Å². The molecule has 2 aromatic carbocycles. The maximum atomic E-state index is 13.3. The highest BCUT2D eigenvalue weighted by Gasteiger charge is 2.31. The van der Waals surface area contributed by atoms with Gasteiger partial charge in [-0.1, -0.05) is 30.3 Å². The number of carbonyl (C=O) groups excluding carboxylic acids is 2. The Morgan fingerprint density at radius 3 is 2.17 bits per heavy atom. The Morgan fingerprint density at radius 1 is 1.00 bits per heavy atom. The van der Waals surface area contributed by atoms with Gasteiger partial charge < -0.3 is 15.5 Å². The molecule has 3 rings (SSSR count). The highest BCUT2D eigenvalue weighted by molar-refractivity contribution is 7.91. The van der Waals surface area contributed by atoms with Crippen LogP contribution >= 0.6 is 0 Å². The molecule has 29 heavy (non-hydrogen) atoms. The van der Waals surface area contributed by atoms with Crippen LogP contribution in [0, 0.1) is 0 Å². The molecule has 0 radical (unpaired) electrons. The van der Waals surface area contributed by atoms with Crippen molar-refractivity contribution in [3.63, 3.8) is 0 Å². The molecule has 0 aliphatic heterocycles. The molecule has 1 aliphatic rings. The molecule has 1 aliphatic carbocycles. The average molecular weight is 416 g/mol. The van der Waals surface area contributed by atoms with Gasteiger partial charge >= 0.3 is 11.8 Å². The van der Waals surface area contributed by atoms with Gasteiger partial charge in [0.2, 0.25) is 0 Å².